The molecule has 0 amide bonds. The van der Waals surface area contributed by atoms with Crippen LogP contribution in [0.5, 0.6) is 0 Å². The molecule has 2 rings (SSSR count). The zero-order chi connectivity index (χ0) is 14.8. The van der Waals surface area contributed by atoms with Gasteiger partial charge in [0.2, 0.25) is 0 Å². The van der Waals surface area contributed by atoms with Crippen LogP contribution in [-0.4, -0.2) is 4.98 Å². The molecular formula is C14H12ClF3N2. The third kappa shape index (κ3) is 3.42. The van der Waals surface area contributed by atoms with E-state index in [0.717, 1.165) is 17.7 Å². The molecule has 0 saturated heterocycles. The Balaban J connectivity index is 2.25. The highest BCUT2D eigenvalue weighted by Gasteiger charge is 2.31. The highest BCUT2D eigenvalue weighted by molar-refractivity contribution is 6.33. The van der Waals surface area contributed by atoms with Gasteiger partial charge in [0.15, 0.2) is 0 Å². The van der Waals surface area contributed by atoms with Gasteiger partial charge in [-0.05, 0) is 42.8 Å². The summed E-state index contributed by atoms with van der Waals surface area (Å²) in [6.45, 7) is 1.84. The highest BCUT2D eigenvalue weighted by atomic mass is 35.5. The summed E-state index contributed by atoms with van der Waals surface area (Å²) in [5, 5.41) is 3.23. The van der Waals surface area contributed by atoms with Crippen molar-refractivity contribution in [2.75, 3.05) is 5.32 Å². The Bertz CT molecular complexity index is 585. The van der Waals surface area contributed by atoms with Crippen molar-refractivity contribution in [3.05, 3.63) is 58.9 Å². The largest absolute Gasteiger partial charge is 0.416 e. The topological polar surface area (TPSA) is 24.9 Å². The minimum Gasteiger partial charge on any atom is -0.377 e. The van der Waals surface area contributed by atoms with Gasteiger partial charge in [-0.3, -0.25) is 4.98 Å². The van der Waals surface area contributed by atoms with Crippen LogP contribution >= 0.6 is 11.6 Å². The summed E-state index contributed by atoms with van der Waals surface area (Å²) in [5.41, 5.74) is 0.436. The molecule has 20 heavy (non-hydrogen) atoms. The van der Waals surface area contributed by atoms with Crippen LogP contribution in [0.2, 0.25) is 5.02 Å². The first-order valence-electron chi connectivity index (χ1n) is 5.91. The molecule has 1 aromatic carbocycles. The van der Waals surface area contributed by atoms with Crippen LogP contribution in [0.3, 0.4) is 0 Å². The number of aromatic nitrogens is 1. The van der Waals surface area contributed by atoms with Crippen LogP contribution < -0.4 is 5.32 Å². The molecule has 2 aromatic rings. The van der Waals surface area contributed by atoms with Crippen molar-refractivity contribution in [2.45, 2.75) is 19.1 Å². The first-order valence-corrected chi connectivity index (χ1v) is 6.29. The number of alkyl halides is 3. The standard InChI is InChI=1S/C14H12ClF3N2/c1-9(10-4-6-19-7-5-10)20-13-8-11(14(16,17)18)2-3-12(13)15/h2-9,20H,1H3. The molecule has 1 atom stereocenters. The van der Waals surface area contributed by atoms with Crippen LogP contribution in [0.1, 0.15) is 24.1 Å². The predicted octanol–water partition coefficient (Wildman–Crippen LogP) is 4.93. The van der Waals surface area contributed by atoms with Gasteiger partial charge in [-0.15, -0.1) is 0 Å². The van der Waals surface area contributed by atoms with Gasteiger partial charge in [0, 0.05) is 18.4 Å². The molecule has 1 heterocycles. The Labute approximate surface area is 119 Å². The zero-order valence-corrected chi connectivity index (χ0v) is 11.3. The molecule has 0 aliphatic rings. The lowest BCUT2D eigenvalue weighted by molar-refractivity contribution is -0.137. The van der Waals surface area contributed by atoms with Crippen molar-refractivity contribution in [3.63, 3.8) is 0 Å². The second-order valence-electron chi connectivity index (χ2n) is 4.34. The fourth-order valence-electron chi connectivity index (χ4n) is 1.78. The van der Waals surface area contributed by atoms with Crippen molar-refractivity contribution >= 4 is 17.3 Å². The molecule has 0 radical (unpaired) electrons. The lowest BCUT2D eigenvalue weighted by atomic mass is 10.1. The molecule has 1 unspecified atom stereocenters. The fraction of sp³-hybridized carbons (Fsp3) is 0.214. The lowest BCUT2D eigenvalue weighted by Gasteiger charge is -2.18. The Morgan fingerprint density at radius 2 is 1.80 bits per heavy atom. The molecule has 106 valence electrons. The molecule has 0 fully saturated rings. The molecular weight excluding hydrogens is 289 g/mol. The summed E-state index contributed by atoms with van der Waals surface area (Å²) in [7, 11) is 0. The SMILES string of the molecule is CC(Nc1cc(C(F)(F)F)ccc1Cl)c1ccncc1. The molecule has 0 bridgehead atoms. The molecule has 2 nitrogen and oxygen atoms in total. The number of hydrogen-bond acceptors (Lipinski definition) is 2. The summed E-state index contributed by atoms with van der Waals surface area (Å²) in [6, 6.07) is 6.62. The van der Waals surface area contributed by atoms with Gasteiger partial charge >= 0.3 is 6.18 Å². The van der Waals surface area contributed by atoms with Crippen LogP contribution in [0, 0.1) is 0 Å². The summed E-state index contributed by atoms with van der Waals surface area (Å²) in [6.07, 6.45) is -1.14. The van der Waals surface area contributed by atoms with Crippen molar-refractivity contribution in [1.82, 2.24) is 4.98 Å². The third-order valence-corrected chi connectivity index (χ3v) is 3.20. The highest BCUT2D eigenvalue weighted by Crippen LogP contribution is 2.35. The molecule has 0 aliphatic carbocycles. The number of anilines is 1. The fourth-order valence-corrected chi connectivity index (χ4v) is 1.95. The van der Waals surface area contributed by atoms with Crippen LogP contribution in [-0.2, 0) is 6.18 Å². The molecule has 0 saturated carbocycles. The number of rotatable bonds is 3. The maximum absolute atomic E-state index is 12.7. The summed E-state index contributed by atoms with van der Waals surface area (Å²) in [4.78, 5) is 3.90. The predicted molar refractivity (Wildman–Crippen MR) is 72.7 cm³/mol. The number of hydrogen-bond donors (Lipinski definition) is 1. The van der Waals surface area contributed by atoms with Gasteiger partial charge < -0.3 is 5.32 Å². The average Bonchev–Trinajstić information content (AvgIpc) is 2.41. The van der Waals surface area contributed by atoms with E-state index in [4.69, 9.17) is 11.6 Å². The lowest BCUT2D eigenvalue weighted by Crippen LogP contribution is -2.10. The smallest absolute Gasteiger partial charge is 0.377 e. The zero-order valence-electron chi connectivity index (χ0n) is 10.6. The van der Waals surface area contributed by atoms with Crippen molar-refractivity contribution in [2.24, 2.45) is 0 Å². The van der Waals surface area contributed by atoms with E-state index in [0.29, 0.717) is 0 Å². The Kier molecular flexibility index (Phi) is 4.18. The maximum Gasteiger partial charge on any atom is 0.416 e. The second kappa shape index (κ2) is 5.71. The van der Waals surface area contributed by atoms with Crippen molar-refractivity contribution in [1.29, 1.82) is 0 Å². The number of pyridine rings is 1. The Morgan fingerprint density at radius 3 is 2.40 bits per heavy atom. The normalized spacial score (nSPS) is 13.1. The summed E-state index contributed by atoms with van der Waals surface area (Å²) >= 11 is 5.94. The molecule has 1 N–H and O–H groups in total. The van der Waals surface area contributed by atoms with E-state index in [9.17, 15) is 13.2 Å². The van der Waals surface area contributed by atoms with E-state index >= 15 is 0 Å². The van der Waals surface area contributed by atoms with Crippen LogP contribution in [0.15, 0.2) is 42.7 Å². The number of halogens is 4. The van der Waals surface area contributed by atoms with E-state index in [1.807, 2.05) is 6.92 Å². The quantitative estimate of drug-likeness (QED) is 0.869. The van der Waals surface area contributed by atoms with Gasteiger partial charge in [0.05, 0.1) is 16.3 Å². The molecule has 1 aromatic heterocycles. The minimum absolute atomic E-state index is 0.181. The summed E-state index contributed by atoms with van der Waals surface area (Å²) in [5.74, 6) is 0. The van der Waals surface area contributed by atoms with E-state index in [1.165, 1.54) is 6.07 Å². The van der Waals surface area contributed by atoms with Crippen LogP contribution in [0.25, 0.3) is 0 Å². The van der Waals surface area contributed by atoms with Gasteiger partial charge in [0.1, 0.15) is 0 Å². The van der Waals surface area contributed by atoms with E-state index in [2.05, 4.69) is 10.3 Å². The first kappa shape index (κ1) is 14.7. The molecule has 0 aliphatic heterocycles. The van der Waals surface area contributed by atoms with E-state index < -0.39 is 11.7 Å². The number of nitrogens with one attached hydrogen (secondary N) is 1. The van der Waals surface area contributed by atoms with Crippen molar-refractivity contribution in [3.8, 4) is 0 Å². The number of nitrogens with zero attached hydrogens (tertiary/aromatic N) is 1. The van der Waals surface area contributed by atoms with E-state index in [1.54, 1.807) is 24.5 Å². The Morgan fingerprint density at radius 1 is 1.15 bits per heavy atom. The average molecular weight is 301 g/mol. The van der Waals surface area contributed by atoms with Gasteiger partial charge in [-0.2, -0.15) is 13.2 Å². The van der Waals surface area contributed by atoms with Crippen LogP contribution in [0.4, 0.5) is 18.9 Å². The van der Waals surface area contributed by atoms with Gasteiger partial charge in [-0.25, -0.2) is 0 Å². The van der Waals surface area contributed by atoms with Crippen molar-refractivity contribution < 1.29 is 13.2 Å². The summed E-state index contributed by atoms with van der Waals surface area (Å²) < 4.78 is 38.0. The van der Waals surface area contributed by atoms with E-state index in [-0.39, 0.29) is 16.8 Å². The number of benzene rings is 1. The van der Waals surface area contributed by atoms with Gasteiger partial charge in [-0.1, -0.05) is 11.6 Å². The first-order chi connectivity index (χ1) is 9.38. The Hall–Kier alpha value is -1.75. The molecule has 6 heteroatoms. The monoisotopic (exact) mass is 300 g/mol. The third-order valence-electron chi connectivity index (χ3n) is 2.87. The maximum atomic E-state index is 12.7. The minimum atomic E-state index is -4.39. The second-order valence-corrected chi connectivity index (χ2v) is 4.75. The van der Waals surface area contributed by atoms with Gasteiger partial charge in [0.25, 0.3) is 0 Å². The molecule has 0 spiro atoms.